The minimum Gasteiger partial charge on any atom is -0.350 e. The number of likely N-dealkylation sites (N-methyl/N-ethyl adjacent to an activating group) is 1. The molecule has 0 bridgehead atoms. The third kappa shape index (κ3) is 9.75. The predicted molar refractivity (Wildman–Crippen MR) is 197 cm³/mol. The maximum absolute atomic E-state index is 13.7. The molecule has 1 amide bonds. The zero-order valence-corrected chi connectivity index (χ0v) is 31.7. The number of carbonyl (C=O) groups is 1. The van der Waals surface area contributed by atoms with E-state index in [1.807, 2.05) is 12.1 Å². The van der Waals surface area contributed by atoms with Crippen LogP contribution in [0, 0.1) is 17.8 Å². The summed E-state index contributed by atoms with van der Waals surface area (Å²) in [5, 5.41) is 3.00. The number of nitrogens with one attached hydrogen (secondary N) is 1. The van der Waals surface area contributed by atoms with E-state index in [4.69, 9.17) is 16.6 Å². The zero-order chi connectivity index (χ0) is 36.2. The number of hydrogen-bond donors (Lipinski definition) is 1. The van der Waals surface area contributed by atoms with Gasteiger partial charge in [0.1, 0.15) is 9.75 Å². The van der Waals surface area contributed by atoms with Gasteiger partial charge in [0.15, 0.2) is 0 Å². The largest absolute Gasteiger partial charge is 0.416 e. The maximum Gasteiger partial charge on any atom is 0.416 e. The van der Waals surface area contributed by atoms with E-state index in [2.05, 4.69) is 5.32 Å². The Hall–Kier alpha value is -2.47. The molecule has 3 aromatic rings. The lowest BCUT2D eigenvalue weighted by Crippen LogP contribution is -2.51. The molecule has 3 fully saturated rings. The van der Waals surface area contributed by atoms with Gasteiger partial charge in [0.05, 0.1) is 15.6 Å². The van der Waals surface area contributed by atoms with Gasteiger partial charge in [0.25, 0.3) is 10.0 Å². The Labute approximate surface area is 309 Å². The Kier molecular flexibility index (Phi) is 12.2. The van der Waals surface area contributed by atoms with Crippen molar-refractivity contribution in [2.75, 3.05) is 6.54 Å². The molecule has 6 nitrogen and oxygen atoms in total. The van der Waals surface area contributed by atoms with E-state index in [0.29, 0.717) is 34.4 Å². The number of carbonyl (C=O) groups excluding carboxylic acids is 1. The summed E-state index contributed by atoms with van der Waals surface area (Å²) in [6.45, 7) is 1.99. The number of benzene rings is 1. The average molecular weight is 764 g/mol. The Morgan fingerprint density at radius 1 is 0.922 bits per heavy atom. The number of aromatic nitrogens is 1. The number of thiophene rings is 1. The van der Waals surface area contributed by atoms with Crippen molar-refractivity contribution in [1.29, 1.82) is 0 Å². The first kappa shape index (κ1) is 38.3. The highest BCUT2D eigenvalue weighted by molar-refractivity contribution is 7.91. The average Bonchev–Trinajstić information content (AvgIpc) is 4.04. The van der Waals surface area contributed by atoms with Crippen LogP contribution in [0.5, 0.6) is 0 Å². The fourth-order valence-electron chi connectivity index (χ4n) is 7.82. The van der Waals surface area contributed by atoms with Crippen molar-refractivity contribution < 1.29 is 26.4 Å². The number of alkyl halides is 3. The Morgan fingerprint density at radius 3 is 2.06 bits per heavy atom. The number of sulfonamides is 1. The smallest absolute Gasteiger partial charge is 0.350 e. The monoisotopic (exact) mass is 763 g/mol. The molecule has 2 heterocycles. The molecule has 51 heavy (non-hydrogen) atoms. The van der Waals surface area contributed by atoms with E-state index >= 15 is 0 Å². The van der Waals surface area contributed by atoms with Crippen LogP contribution in [0.15, 0.2) is 52.7 Å². The first-order chi connectivity index (χ1) is 24.4. The second kappa shape index (κ2) is 16.3. The van der Waals surface area contributed by atoms with Crippen LogP contribution in [-0.4, -0.2) is 35.7 Å². The molecule has 3 aliphatic carbocycles. The number of pyridine rings is 1. The summed E-state index contributed by atoms with van der Waals surface area (Å²) >= 11 is 7.01. The summed E-state index contributed by atoms with van der Waals surface area (Å²) in [6.07, 6.45) is 12.5. The van der Waals surface area contributed by atoms with Gasteiger partial charge in [-0.05, 0) is 79.0 Å². The molecular formula is C39H49ClF3N3O3S2. The molecule has 6 rings (SSSR count). The summed E-state index contributed by atoms with van der Waals surface area (Å²) in [5.41, 5.74) is 0.849. The Bertz CT molecular complexity index is 1740. The summed E-state index contributed by atoms with van der Waals surface area (Å²) in [6, 6.07) is 11.8. The predicted octanol–water partition coefficient (Wildman–Crippen LogP) is 10.4. The second-order valence-corrected chi connectivity index (χ2v) is 18.7. The molecule has 0 aliphatic heterocycles. The lowest BCUT2D eigenvalue weighted by atomic mass is 9.84. The van der Waals surface area contributed by atoms with Crippen LogP contribution in [0.25, 0.3) is 11.3 Å². The molecule has 0 atom stereocenters. The fraction of sp³-hybridized carbons (Fsp3) is 0.590. The third-order valence-corrected chi connectivity index (χ3v) is 14.8. The van der Waals surface area contributed by atoms with Crippen molar-refractivity contribution in [2.24, 2.45) is 17.8 Å². The van der Waals surface area contributed by atoms with Crippen LogP contribution in [-0.2, 0) is 34.0 Å². The van der Waals surface area contributed by atoms with E-state index in [9.17, 15) is 26.4 Å². The number of rotatable bonds is 13. The number of hydrogen-bond acceptors (Lipinski definition) is 5. The summed E-state index contributed by atoms with van der Waals surface area (Å²) < 4.78 is 68.9. The normalized spacial score (nSPS) is 21.4. The SMILES string of the molecule is CCN(C1(C(=O)NCc2cc(CC3CCCCC(CCC4CC4)CCCC3)nc(-c3ccc(C(F)(F)F)cc3)c2)CC1)S(=O)(=O)c1ccc(Cl)s1. The van der Waals surface area contributed by atoms with Gasteiger partial charge in [-0.2, -0.15) is 17.5 Å². The van der Waals surface area contributed by atoms with Gasteiger partial charge < -0.3 is 5.32 Å². The van der Waals surface area contributed by atoms with Gasteiger partial charge in [-0.15, -0.1) is 11.3 Å². The molecule has 1 aromatic carbocycles. The van der Waals surface area contributed by atoms with Gasteiger partial charge in [0, 0.05) is 24.3 Å². The standard InChI is InChI=1S/C39H49ClF3N3O3S2/c1-2-46(51(48,49)36-20-19-35(40)50-36)38(21-22-38)37(47)44-26-30-24-33(45-34(25-30)31-15-17-32(18-16-31)39(41,42)43)23-29-9-5-3-7-27(8-4-6-10-29)11-12-28-13-14-28/h15-20,24-25,27-29H,2-14,21-23,26H2,1H3,(H,44,47). The zero-order valence-electron chi connectivity index (χ0n) is 29.3. The summed E-state index contributed by atoms with van der Waals surface area (Å²) in [7, 11) is -3.93. The highest BCUT2D eigenvalue weighted by Crippen LogP contribution is 2.46. The van der Waals surface area contributed by atoms with Gasteiger partial charge >= 0.3 is 6.18 Å². The van der Waals surface area contributed by atoms with Crippen molar-refractivity contribution in [2.45, 2.75) is 126 Å². The van der Waals surface area contributed by atoms with Crippen LogP contribution in [0.1, 0.15) is 114 Å². The van der Waals surface area contributed by atoms with Crippen LogP contribution in [0.4, 0.5) is 13.2 Å². The molecule has 2 aromatic heterocycles. The van der Waals surface area contributed by atoms with E-state index in [-0.39, 0.29) is 23.2 Å². The van der Waals surface area contributed by atoms with Crippen molar-refractivity contribution in [3.05, 3.63) is 69.7 Å². The fourth-order valence-corrected chi connectivity index (χ4v) is 11.2. The second-order valence-electron chi connectivity index (χ2n) is 14.9. The molecule has 0 spiro atoms. The molecule has 0 radical (unpaired) electrons. The Morgan fingerprint density at radius 2 is 1.53 bits per heavy atom. The van der Waals surface area contributed by atoms with E-state index in [1.54, 1.807) is 6.92 Å². The Balaban J connectivity index is 1.17. The molecule has 12 heteroatoms. The summed E-state index contributed by atoms with van der Waals surface area (Å²) in [4.78, 5) is 18.7. The summed E-state index contributed by atoms with van der Waals surface area (Å²) in [5.74, 6) is 1.93. The number of halogens is 4. The van der Waals surface area contributed by atoms with E-state index in [0.717, 1.165) is 65.8 Å². The van der Waals surface area contributed by atoms with Crippen molar-refractivity contribution in [1.82, 2.24) is 14.6 Å². The first-order valence-corrected chi connectivity index (χ1v) is 21.2. The lowest BCUT2D eigenvalue weighted by Gasteiger charge is -2.28. The first-order valence-electron chi connectivity index (χ1n) is 18.6. The molecular weight excluding hydrogens is 715 g/mol. The third-order valence-electron chi connectivity index (χ3n) is 11.0. The molecule has 3 saturated carbocycles. The van der Waals surface area contributed by atoms with Gasteiger partial charge in [-0.25, -0.2) is 8.42 Å². The quantitative estimate of drug-likeness (QED) is 0.188. The maximum atomic E-state index is 13.7. The van der Waals surface area contributed by atoms with Crippen LogP contribution in [0.3, 0.4) is 0 Å². The molecule has 3 aliphatic rings. The van der Waals surface area contributed by atoms with E-state index < -0.39 is 27.3 Å². The van der Waals surface area contributed by atoms with Gasteiger partial charge in [-0.3, -0.25) is 9.78 Å². The lowest BCUT2D eigenvalue weighted by molar-refractivity contribution is -0.137. The minimum atomic E-state index is -4.44. The van der Waals surface area contributed by atoms with Crippen LogP contribution < -0.4 is 5.32 Å². The van der Waals surface area contributed by atoms with Crippen LogP contribution >= 0.6 is 22.9 Å². The molecule has 0 unspecified atom stereocenters. The van der Waals surface area contributed by atoms with Crippen molar-refractivity contribution in [3.63, 3.8) is 0 Å². The number of nitrogens with zero attached hydrogens (tertiary/aromatic N) is 2. The highest BCUT2D eigenvalue weighted by Gasteiger charge is 2.58. The molecule has 0 saturated heterocycles. The van der Waals surface area contributed by atoms with Gasteiger partial charge in [-0.1, -0.05) is 108 Å². The van der Waals surface area contributed by atoms with Crippen molar-refractivity contribution in [3.8, 4) is 11.3 Å². The highest BCUT2D eigenvalue weighted by atomic mass is 35.5. The van der Waals surface area contributed by atoms with Gasteiger partial charge in [0.2, 0.25) is 5.91 Å². The van der Waals surface area contributed by atoms with Crippen LogP contribution in [0.2, 0.25) is 4.34 Å². The number of amides is 1. The molecule has 1 N–H and O–H groups in total. The topological polar surface area (TPSA) is 79.4 Å². The molecule has 278 valence electrons. The minimum absolute atomic E-state index is 0.0994. The van der Waals surface area contributed by atoms with E-state index in [1.165, 1.54) is 92.8 Å². The van der Waals surface area contributed by atoms with Crippen molar-refractivity contribution >= 4 is 38.9 Å².